The summed E-state index contributed by atoms with van der Waals surface area (Å²) in [5.41, 5.74) is 1.56. The van der Waals surface area contributed by atoms with E-state index in [9.17, 15) is 13.2 Å². The van der Waals surface area contributed by atoms with Crippen molar-refractivity contribution in [2.75, 3.05) is 26.3 Å². The van der Waals surface area contributed by atoms with Gasteiger partial charge in [0.1, 0.15) is 18.1 Å². The lowest BCUT2D eigenvalue weighted by atomic mass is 10.0. The molecule has 0 bridgehead atoms. The lowest BCUT2D eigenvalue weighted by molar-refractivity contribution is 0.0977. The zero-order valence-corrected chi connectivity index (χ0v) is 18.3. The Labute approximate surface area is 183 Å². The van der Waals surface area contributed by atoms with Crippen LogP contribution in [-0.2, 0) is 16.4 Å². The number of Topliss-reactive ketones (excluding diaryl/α,β-unsaturated/α-hetero) is 1. The van der Waals surface area contributed by atoms with Crippen molar-refractivity contribution in [1.82, 2.24) is 5.32 Å². The van der Waals surface area contributed by atoms with E-state index in [0.29, 0.717) is 19.4 Å². The molecular formula is C21H27ClN2O5S. The Morgan fingerprint density at radius 3 is 2.50 bits per heavy atom. The van der Waals surface area contributed by atoms with Crippen LogP contribution in [0.25, 0.3) is 0 Å². The highest BCUT2D eigenvalue weighted by Gasteiger charge is 2.25. The average molecular weight is 455 g/mol. The topological polar surface area (TPSA) is 108 Å². The largest absolute Gasteiger partial charge is 0.486 e. The molecule has 0 saturated heterocycles. The number of hydrogen-bond acceptors (Lipinski definition) is 6. The molecular weight excluding hydrogens is 428 g/mol. The van der Waals surface area contributed by atoms with Crippen LogP contribution in [0.3, 0.4) is 0 Å². The van der Waals surface area contributed by atoms with E-state index in [4.69, 9.17) is 14.6 Å². The van der Waals surface area contributed by atoms with Crippen molar-refractivity contribution in [3.05, 3.63) is 53.6 Å². The van der Waals surface area contributed by atoms with Crippen LogP contribution in [0.15, 0.2) is 47.4 Å². The quantitative estimate of drug-likeness (QED) is 0.422. The zero-order chi connectivity index (χ0) is 20.7. The Hall–Kier alpha value is -2.13. The van der Waals surface area contributed by atoms with Crippen LogP contribution in [0, 0.1) is 0 Å². The molecule has 30 heavy (non-hydrogen) atoms. The minimum atomic E-state index is -4.03. The number of halogens is 1. The van der Waals surface area contributed by atoms with E-state index in [1.165, 1.54) is 17.7 Å². The maximum absolute atomic E-state index is 12.5. The molecule has 1 aliphatic heterocycles. The molecule has 0 aliphatic carbocycles. The lowest BCUT2D eigenvalue weighted by Crippen LogP contribution is -2.21. The van der Waals surface area contributed by atoms with Crippen molar-refractivity contribution in [2.24, 2.45) is 5.14 Å². The minimum Gasteiger partial charge on any atom is -0.486 e. The molecule has 2 aromatic rings. The number of ether oxygens (including phenoxy) is 2. The molecule has 0 saturated carbocycles. The van der Waals surface area contributed by atoms with E-state index < -0.39 is 10.0 Å². The Morgan fingerprint density at radius 1 is 1.03 bits per heavy atom. The van der Waals surface area contributed by atoms with Gasteiger partial charge in [-0.25, -0.2) is 13.6 Å². The first kappa shape index (κ1) is 24.1. The van der Waals surface area contributed by atoms with E-state index >= 15 is 0 Å². The third-order valence-electron chi connectivity index (χ3n) is 4.68. The molecule has 9 heteroatoms. The molecule has 0 spiro atoms. The van der Waals surface area contributed by atoms with Gasteiger partial charge in [0.2, 0.25) is 10.0 Å². The number of benzene rings is 2. The molecule has 0 unspecified atom stereocenters. The molecule has 0 aromatic heterocycles. The van der Waals surface area contributed by atoms with E-state index in [-0.39, 0.29) is 46.8 Å². The van der Waals surface area contributed by atoms with Crippen LogP contribution in [-0.4, -0.2) is 40.5 Å². The summed E-state index contributed by atoms with van der Waals surface area (Å²) in [5.74, 6) is 0.183. The zero-order valence-electron chi connectivity index (χ0n) is 16.6. The number of unbranched alkanes of at least 4 members (excludes halogenated alkanes) is 1. The molecule has 1 heterocycles. The average Bonchev–Trinajstić information content (AvgIpc) is 2.72. The summed E-state index contributed by atoms with van der Waals surface area (Å²) in [6, 6.07) is 13.1. The van der Waals surface area contributed by atoms with Gasteiger partial charge in [-0.1, -0.05) is 30.3 Å². The molecule has 0 fully saturated rings. The predicted octanol–water partition coefficient (Wildman–Crippen LogP) is 2.71. The highest BCUT2D eigenvalue weighted by Crippen LogP contribution is 2.37. The highest BCUT2D eigenvalue weighted by atomic mass is 35.5. The number of hydrogen-bond donors (Lipinski definition) is 2. The third kappa shape index (κ3) is 6.70. The Morgan fingerprint density at radius 2 is 1.77 bits per heavy atom. The van der Waals surface area contributed by atoms with Crippen LogP contribution < -0.4 is 19.9 Å². The van der Waals surface area contributed by atoms with Crippen LogP contribution in [0.2, 0.25) is 0 Å². The van der Waals surface area contributed by atoms with Crippen molar-refractivity contribution in [2.45, 2.75) is 30.6 Å². The van der Waals surface area contributed by atoms with Gasteiger partial charge < -0.3 is 14.8 Å². The fourth-order valence-corrected chi connectivity index (χ4v) is 3.89. The van der Waals surface area contributed by atoms with Crippen molar-refractivity contribution >= 4 is 28.2 Å². The third-order valence-corrected chi connectivity index (χ3v) is 5.59. The SMILES string of the molecule is Cl.NS(=O)(=O)c1cc(C(=O)CCCCNCCc2ccccc2)cc2c1OCCO2. The number of ketones is 1. The van der Waals surface area contributed by atoms with Gasteiger partial charge in [0, 0.05) is 12.0 Å². The van der Waals surface area contributed by atoms with Gasteiger partial charge in [-0.05, 0) is 50.0 Å². The number of fused-ring (bicyclic) bond motifs is 1. The lowest BCUT2D eigenvalue weighted by Gasteiger charge is -2.21. The predicted molar refractivity (Wildman–Crippen MR) is 117 cm³/mol. The smallest absolute Gasteiger partial charge is 0.241 e. The highest BCUT2D eigenvalue weighted by molar-refractivity contribution is 7.89. The normalized spacial score (nSPS) is 12.8. The molecule has 164 valence electrons. The first-order valence-electron chi connectivity index (χ1n) is 9.69. The van der Waals surface area contributed by atoms with E-state index in [1.54, 1.807) is 0 Å². The van der Waals surface area contributed by atoms with Gasteiger partial charge in [-0.2, -0.15) is 0 Å². The summed E-state index contributed by atoms with van der Waals surface area (Å²) < 4.78 is 34.6. The van der Waals surface area contributed by atoms with Crippen LogP contribution >= 0.6 is 12.4 Å². The van der Waals surface area contributed by atoms with Gasteiger partial charge in [-0.3, -0.25) is 4.79 Å². The fraction of sp³-hybridized carbons (Fsp3) is 0.381. The number of nitrogens with two attached hydrogens (primary N) is 1. The monoisotopic (exact) mass is 454 g/mol. The number of carbonyl (C=O) groups excluding carboxylic acids is 1. The first-order chi connectivity index (χ1) is 13.9. The van der Waals surface area contributed by atoms with Crippen molar-refractivity contribution < 1.29 is 22.7 Å². The van der Waals surface area contributed by atoms with Crippen LogP contribution in [0.1, 0.15) is 35.2 Å². The summed E-state index contributed by atoms with van der Waals surface area (Å²) in [4.78, 5) is 12.3. The van der Waals surface area contributed by atoms with Crippen molar-refractivity contribution in [3.8, 4) is 11.5 Å². The Bertz CT molecular complexity index is 951. The van der Waals surface area contributed by atoms with Crippen molar-refractivity contribution in [3.63, 3.8) is 0 Å². The maximum atomic E-state index is 12.5. The Balaban J connectivity index is 0.00000320. The minimum absolute atomic E-state index is 0. The van der Waals surface area contributed by atoms with Gasteiger partial charge in [0.25, 0.3) is 0 Å². The second-order valence-electron chi connectivity index (χ2n) is 6.91. The van der Waals surface area contributed by atoms with Gasteiger partial charge >= 0.3 is 0 Å². The number of primary sulfonamides is 1. The molecule has 0 radical (unpaired) electrons. The standard InChI is InChI=1S/C21H26N2O5S.ClH/c22-29(25,26)20-15-17(14-19-21(20)28-13-12-27-19)18(24)8-4-5-10-23-11-9-16-6-2-1-3-7-16;/h1-3,6-7,14-15,23H,4-5,8-13H2,(H2,22,25,26);1H. The summed E-state index contributed by atoms with van der Waals surface area (Å²) in [7, 11) is -4.03. The second kappa shape index (κ2) is 11.3. The molecule has 3 N–H and O–H groups in total. The molecule has 3 rings (SSSR count). The van der Waals surface area contributed by atoms with Gasteiger partial charge in [-0.15, -0.1) is 12.4 Å². The summed E-state index contributed by atoms with van der Waals surface area (Å²) in [6.45, 7) is 2.24. The van der Waals surface area contributed by atoms with Crippen LogP contribution in [0.5, 0.6) is 11.5 Å². The number of rotatable bonds is 10. The summed E-state index contributed by atoms with van der Waals surface area (Å²) in [6.07, 6.45) is 2.85. The number of nitrogens with one attached hydrogen (secondary N) is 1. The second-order valence-corrected chi connectivity index (χ2v) is 8.44. The van der Waals surface area contributed by atoms with E-state index in [2.05, 4.69) is 17.4 Å². The fourth-order valence-electron chi connectivity index (χ4n) is 3.18. The summed E-state index contributed by atoms with van der Waals surface area (Å²) in [5, 5.41) is 8.65. The summed E-state index contributed by atoms with van der Waals surface area (Å²) >= 11 is 0. The number of carbonyl (C=O) groups is 1. The van der Waals surface area contributed by atoms with Gasteiger partial charge in [0.15, 0.2) is 17.3 Å². The molecule has 0 atom stereocenters. The van der Waals surface area contributed by atoms with Crippen LogP contribution in [0.4, 0.5) is 0 Å². The maximum Gasteiger partial charge on any atom is 0.241 e. The number of sulfonamides is 1. The molecule has 2 aromatic carbocycles. The molecule has 1 aliphatic rings. The van der Waals surface area contributed by atoms with Crippen molar-refractivity contribution in [1.29, 1.82) is 0 Å². The first-order valence-corrected chi connectivity index (χ1v) is 11.2. The molecule has 0 amide bonds. The Kier molecular flexibility index (Phi) is 9.10. The molecule has 7 nitrogen and oxygen atoms in total. The van der Waals surface area contributed by atoms with E-state index in [0.717, 1.165) is 25.9 Å². The van der Waals surface area contributed by atoms with Gasteiger partial charge in [0.05, 0.1) is 0 Å². The van der Waals surface area contributed by atoms with E-state index in [1.807, 2.05) is 18.2 Å².